The highest BCUT2D eigenvalue weighted by molar-refractivity contribution is 6.84. The summed E-state index contributed by atoms with van der Waals surface area (Å²) >= 11 is 0. The highest BCUT2D eigenvalue weighted by Crippen LogP contribution is 2.12. The summed E-state index contributed by atoms with van der Waals surface area (Å²) in [5, 5.41) is 6.91. The molecule has 1 fully saturated rings. The van der Waals surface area contributed by atoms with Crippen molar-refractivity contribution < 1.29 is 0 Å². The minimum Gasteiger partial charge on any atom is -0.311 e. The van der Waals surface area contributed by atoms with Crippen LogP contribution in [0.1, 0.15) is 12.8 Å². The molecule has 2 unspecified atom stereocenters. The van der Waals surface area contributed by atoms with Gasteiger partial charge in [-0.2, -0.15) is 0 Å². The van der Waals surface area contributed by atoms with Crippen LogP contribution in [0, 0.1) is 11.5 Å². The predicted octanol–water partition coefficient (Wildman–Crippen LogP) is 0.989. The van der Waals surface area contributed by atoms with Crippen LogP contribution in [0.4, 0.5) is 0 Å². The van der Waals surface area contributed by atoms with Crippen LogP contribution in [0.5, 0.6) is 0 Å². The maximum Gasteiger partial charge on any atom is 0.129 e. The Kier molecular flexibility index (Phi) is 3.48. The lowest BCUT2D eigenvalue weighted by Gasteiger charge is -2.15. The molecule has 0 aromatic rings. The van der Waals surface area contributed by atoms with Gasteiger partial charge in [0.25, 0.3) is 0 Å². The van der Waals surface area contributed by atoms with Gasteiger partial charge in [0, 0.05) is 12.6 Å². The fraction of sp³-hybridized carbons (Fsp3) is 0.750. The van der Waals surface area contributed by atoms with Crippen LogP contribution in [0.2, 0.25) is 19.6 Å². The van der Waals surface area contributed by atoms with Crippen LogP contribution in [-0.4, -0.2) is 39.1 Å². The predicted molar refractivity (Wildman–Crippen MR) is 71.4 cm³/mol. The molecule has 2 aliphatic heterocycles. The van der Waals surface area contributed by atoms with Gasteiger partial charge in [0.2, 0.25) is 0 Å². The van der Waals surface area contributed by atoms with Crippen LogP contribution >= 0.6 is 0 Å². The zero-order valence-electron chi connectivity index (χ0n) is 10.4. The van der Waals surface area contributed by atoms with Gasteiger partial charge in [0.1, 0.15) is 14.2 Å². The molecule has 2 aliphatic rings. The molecular weight excluding hydrogens is 214 g/mol. The highest BCUT2D eigenvalue weighted by atomic mass is 28.3. The molecule has 16 heavy (non-hydrogen) atoms. The van der Waals surface area contributed by atoms with Crippen molar-refractivity contribution in [3.8, 4) is 11.5 Å². The van der Waals surface area contributed by atoms with Gasteiger partial charge < -0.3 is 5.32 Å². The zero-order valence-corrected chi connectivity index (χ0v) is 11.4. The zero-order chi connectivity index (χ0) is 11.6. The summed E-state index contributed by atoms with van der Waals surface area (Å²) in [6, 6.07) is 0.520. The van der Waals surface area contributed by atoms with Crippen molar-refractivity contribution in [3.05, 3.63) is 0 Å². The second-order valence-electron chi connectivity index (χ2n) is 5.60. The molecule has 2 rings (SSSR count). The van der Waals surface area contributed by atoms with Crippen molar-refractivity contribution >= 4 is 13.8 Å². The van der Waals surface area contributed by atoms with Crippen molar-refractivity contribution in [2.75, 3.05) is 13.1 Å². The number of hydrogen-bond donors (Lipinski definition) is 2. The van der Waals surface area contributed by atoms with Crippen LogP contribution in [0.3, 0.4) is 0 Å². The molecule has 4 heteroatoms. The van der Waals surface area contributed by atoms with E-state index in [1.807, 2.05) is 0 Å². The Labute approximate surface area is 99.1 Å². The first kappa shape index (κ1) is 11.8. The third-order valence-corrected chi connectivity index (χ3v) is 3.71. The van der Waals surface area contributed by atoms with Crippen LogP contribution < -0.4 is 10.6 Å². The smallest absolute Gasteiger partial charge is 0.129 e. The molecule has 3 nitrogen and oxygen atoms in total. The summed E-state index contributed by atoms with van der Waals surface area (Å²) in [6.07, 6.45) is 2.76. The van der Waals surface area contributed by atoms with Gasteiger partial charge in [0.15, 0.2) is 0 Å². The summed E-state index contributed by atoms with van der Waals surface area (Å²) in [5.74, 6) is 3.25. The van der Waals surface area contributed by atoms with E-state index in [0.717, 1.165) is 18.8 Å². The van der Waals surface area contributed by atoms with E-state index in [-0.39, 0.29) is 6.17 Å². The standard InChI is InChI=1S/C12H21N3Si/c1-16(2,3)8-6-10-9-14-12(15-10)11-5-4-7-13-11/h11-14H,4-5,7,9H2,1-3H3. The SMILES string of the molecule is C[Si](C)(C)C#CC1=NC(C2CCCN2)NC1. The van der Waals surface area contributed by atoms with Gasteiger partial charge in [0.05, 0.1) is 5.71 Å². The van der Waals surface area contributed by atoms with Crippen LogP contribution in [-0.2, 0) is 0 Å². The van der Waals surface area contributed by atoms with E-state index in [1.165, 1.54) is 12.8 Å². The molecule has 88 valence electrons. The van der Waals surface area contributed by atoms with Gasteiger partial charge in [-0.1, -0.05) is 25.6 Å². The van der Waals surface area contributed by atoms with E-state index in [0.29, 0.717) is 6.04 Å². The molecular formula is C12H21N3Si. The molecule has 1 saturated heterocycles. The Morgan fingerprint density at radius 3 is 2.75 bits per heavy atom. The second kappa shape index (κ2) is 4.70. The maximum atomic E-state index is 4.66. The largest absolute Gasteiger partial charge is 0.311 e. The summed E-state index contributed by atoms with van der Waals surface area (Å²) in [4.78, 5) is 4.66. The van der Waals surface area contributed by atoms with Gasteiger partial charge in [-0.3, -0.25) is 10.3 Å². The van der Waals surface area contributed by atoms with Crippen LogP contribution in [0.25, 0.3) is 0 Å². The summed E-state index contributed by atoms with van der Waals surface area (Å²) < 4.78 is 0. The first-order chi connectivity index (χ1) is 7.54. The molecule has 2 N–H and O–H groups in total. The summed E-state index contributed by atoms with van der Waals surface area (Å²) in [7, 11) is -1.26. The third-order valence-electron chi connectivity index (χ3n) is 2.83. The summed E-state index contributed by atoms with van der Waals surface area (Å²) in [5.41, 5.74) is 4.42. The minimum atomic E-state index is -1.26. The average molecular weight is 235 g/mol. The lowest BCUT2D eigenvalue weighted by molar-refractivity contribution is 0.450. The molecule has 2 atom stereocenters. The molecule has 0 saturated carbocycles. The Balaban J connectivity index is 1.97. The topological polar surface area (TPSA) is 36.4 Å². The number of hydrogen-bond acceptors (Lipinski definition) is 3. The van der Waals surface area contributed by atoms with Crippen molar-refractivity contribution in [2.24, 2.45) is 4.99 Å². The Bertz CT molecular complexity index is 340. The lowest BCUT2D eigenvalue weighted by Crippen LogP contribution is -2.40. The first-order valence-electron chi connectivity index (χ1n) is 6.11. The second-order valence-corrected chi connectivity index (χ2v) is 10.4. The molecule has 2 heterocycles. The van der Waals surface area contributed by atoms with Crippen molar-refractivity contribution in [3.63, 3.8) is 0 Å². The lowest BCUT2D eigenvalue weighted by atomic mass is 10.2. The van der Waals surface area contributed by atoms with Crippen LogP contribution in [0.15, 0.2) is 4.99 Å². The van der Waals surface area contributed by atoms with Crippen molar-refractivity contribution in [2.45, 2.75) is 44.7 Å². The number of nitrogens with one attached hydrogen (secondary N) is 2. The Morgan fingerprint density at radius 2 is 2.12 bits per heavy atom. The van der Waals surface area contributed by atoms with E-state index < -0.39 is 8.07 Å². The number of rotatable bonds is 1. The first-order valence-corrected chi connectivity index (χ1v) is 9.61. The minimum absolute atomic E-state index is 0.258. The van der Waals surface area contributed by atoms with E-state index in [9.17, 15) is 0 Å². The van der Waals surface area contributed by atoms with Crippen molar-refractivity contribution in [1.82, 2.24) is 10.6 Å². The highest BCUT2D eigenvalue weighted by Gasteiger charge is 2.27. The molecule has 0 aromatic heterocycles. The van der Waals surface area contributed by atoms with Gasteiger partial charge in [-0.05, 0) is 19.4 Å². The fourth-order valence-corrected chi connectivity index (χ4v) is 2.53. The number of aliphatic imine (C=N–C) groups is 1. The molecule has 0 aromatic carbocycles. The molecule has 0 spiro atoms. The van der Waals surface area contributed by atoms with Gasteiger partial charge in [-0.25, -0.2) is 0 Å². The Hall–Kier alpha value is -0.633. The molecule has 0 aliphatic carbocycles. The normalized spacial score (nSPS) is 29.8. The number of nitrogens with zero attached hydrogens (tertiary/aromatic N) is 1. The quantitative estimate of drug-likeness (QED) is 0.525. The molecule has 0 radical (unpaired) electrons. The van der Waals surface area contributed by atoms with Gasteiger partial charge in [-0.15, -0.1) is 5.54 Å². The van der Waals surface area contributed by atoms with E-state index in [2.05, 4.69) is 46.7 Å². The average Bonchev–Trinajstić information content (AvgIpc) is 2.84. The fourth-order valence-electron chi connectivity index (χ4n) is 2.01. The van der Waals surface area contributed by atoms with Gasteiger partial charge >= 0.3 is 0 Å². The van der Waals surface area contributed by atoms with E-state index in [4.69, 9.17) is 0 Å². The maximum absolute atomic E-state index is 4.66. The van der Waals surface area contributed by atoms with E-state index >= 15 is 0 Å². The molecule has 0 amide bonds. The monoisotopic (exact) mass is 235 g/mol. The van der Waals surface area contributed by atoms with E-state index in [1.54, 1.807) is 0 Å². The third kappa shape index (κ3) is 3.18. The van der Waals surface area contributed by atoms with Crippen molar-refractivity contribution in [1.29, 1.82) is 0 Å². The molecule has 0 bridgehead atoms. The summed E-state index contributed by atoms with van der Waals surface area (Å²) in [6.45, 7) is 8.77. The Morgan fingerprint density at radius 1 is 1.31 bits per heavy atom.